The van der Waals surface area contributed by atoms with Crippen molar-refractivity contribution in [2.45, 2.75) is 18.1 Å². The second-order valence-corrected chi connectivity index (χ2v) is 6.60. The summed E-state index contributed by atoms with van der Waals surface area (Å²) in [6.07, 6.45) is -1.20. The number of nitrogens with one attached hydrogen (secondary N) is 1. The molecule has 4 rings (SSSR count). The van der Waals surface area contributed by atoms with Crippen molar-refractivity contribution in [3.63, 3.8) is 0 Å². The summed E-state index contributed by atoms with van der Waals surface area (Å²) < 4.78 is 5.46. The molecule has 25 heavy (non-hydrogen) atoms. The molecule has 6 heteroatoms. The van der Waals surface area contributed by atoms with Crippen molar-refractivity contribution in [2.24, 2.45) is 0 Å². The Labute approximate surface area is 148 Å². The third-order valence-corrected chi connectivity index (χ3v) is 4.96. The van der Waals surface area contributed by atoms with Gasteiger partial charge < -0.3 is 20.0 Å². The maximum atomic E-state index is 12.1. The Morgan fingerprint density at radius 3 is 2.28 bits per heavy atom. The molecule has 1 amide bonds. The summed E-state index contributed by atoms with van der Waals surface area (Å²) in [5.74, 6) is 0.0256. The van der Waals surface area contributed by atoms with Crippen molar-refractivity contribution >= 4 is 14.1 Å². The summed E-state index contributed by atoms with van der Waals surface area (Å²) in [5.41, 5.74) is 4.73. The largest absolute Gasteiger partial charge is 0.449 e. The predicted molar refractivity (Wildman–Crippen MR) is 95.3 cm³/mol. The SMILES string of the molecule is [B]N1C[C@@H](O)[C@H](NC(=O)OCC2c3ccccc3-c3ccccc32)C1. The topological polar surface area (TPSA) is 61.8 Å². The van der Waals surface area contributed by atoms with E-state index in [1.54, 1.807) is 0 Å². The van der Waals surface area contributed by atoms with Crippen LogP contribution in [-0.2, 0) is 4.74 Å². The minimum atomic E-state index is -0.675. The number of β-amino-alcohol motifs (C(OH)–C–C–N with tert-alkyl or cyclic N) is 1. The van der Waals surface area contributed by atoms with Crippen molar-refractivity contribution in [3.8, 4) is 11.1 Å². The summed E-state index contributed by atoms with van der Waals surface area (Å²) in [6, 6.07) is 16.0. The molecule has 1 heterocycles. The van der Waals surface area contributed by atoms with Gasteiger partial charge in [0.1, 0.15) is 6.61 Å². The van der Waals surface area contributed by atoms with Gasteiger partial charge in [0.15, 0.2) is 7.98 Å². The Morgan fingerprint density at radius 1 is 1.12 bits per heavy atom. The van der Waals surface area contributed by atoms with Crippen LogP contribution in [0.4, 0.5) is 4.79 Å². The van der Waals surface area contributed by atoms with Crippen LogP contribution in [-0.4, -0.2) is 55.8 Å². The molecule has 2 aliphatic rings. The number of benzene rings is 2. The Hall–Kier alpha value is -2.31. The lowest BCUT2D eigenvalue weighted by Crippen LogP contribution is -2.43. The van der Waals surface area contributed by atoms with Crippen LogP contribution < -0.4 is 5.32 Å². The van der Waals surface area contributed by atoms with Crippen LogP contribution in [0.15, 0.2) is 48.5 Å². The van der Waals surface area contributed by atoms with E-state index in [9.17, 15) is 9.90 Å². The molecule has 2 aromatic rings. The first-order valence-corrected chi connectivity index (χ1v) is 8.42. The minimum absolute atomic E-state index is 0.0256. The van der Waals surface area contributed by atoms with Crippen molar-refractivity contribution in [3.05, 3.63) is 59.7 Å². The molecule has 0 aromatic heterocycles. The number of hydrogen-bond donors (Lipinski definition) is 2. The van der Waals surface area contributed by atoms with Crippen LogP contribution >= 0.6 is 0 Å². The summed E-state index contributed by atoms with van der Waals surface area (Å²) >= 11 is 0. The Balaban J connectivity index is 1.45. The van der Waals surface area contributed by atoms with Crippen LogP contribution in [0.2, 0.25) is 0 Å². The van der Waals surface area contributed by atoms with E-state index < -0.39 is 18.2 Å². The third kappa shape index (κ3) is 3.03. The van der Waals surface area contributed by atoms with Gasteiger partial charge in [-0.3, -0.25) is 0 Å². The first kappa shape index (κ1) is 16.2. The van der Waals surface area contributed by atoms with E-state index in [-0.39, 0.29) is 12.5 Å². The smallest absolute Gasteiger partial charge is 0.407 e. The summed E-state index contributed by atoms with van der Waals surface area (Å²) in [6.45, 7) is 1.01. The summed E-state index contributed by atoms with van der Waals surface area (Å²) in [5, 5.41) is 12.6. The highest BCUT2D eigenvalue weighted by Crippen LogP contribution is 2.44. The molecule has 126 valence electrons. The van der Waals surface area contributed by atoms with Gasteiger partial charge in [0, 0.05) is 19.0 Å². The second kappa shape index (κ2) is 6.54. The lowest BCUT2D eigenvalue weighted by atomic mass is 9.98. The fourth-order valence-corrected chi connectivity index (χ4v) is 3.75. The number of amides is 1. The van der Waals surface area contributed by atoms with E-state index in [4.69, 9.17) is 12.7 Å². The first-order valence-electron chi connectivity index (χ1n) is 8.42. The van der Waals surface area contributed by atoms with Gasteiger partial charge in [0.05, 0.1) is 12.1 Å². The van der Waals surface area contributed by atoms with Crippen LogP contribution in [0, 0.1) is 0 Å². The van der Waals surface area contributed by atoms with E-state index in [0.717, 1.165) is 0 Å². The van der Waals surface area contributed by atoms with E-state index in [0.29, 0.717) is 13.1 Å². The highest BCUT2D eigenvalue weighted by Gasteiger charge is 2.32. The van der Waals surface area contributed by atoms with Gasteiger partial charge >= 0.3 is 6.09 Å². The molecular weight excluding hydrogens is 315 g/mol. The zero-order chi connectivity index (χ0) is 17.4. The van der Waals surface area contributed by atoms with E-state index in [1.807, 2.05) is 24.3 Å². The average molecular weight is 334 g/mol. The fourth-order valence-electron chi connectivity index (χ4n) is 3.75. The van der Waals surface area contributed by atoms with Gasteiger partial charge in [-0.15, -0.1) is 0 Å². The highest BCUT2D eigenvalue weighted by molar-refractivity contribution is 6.04. The highest BCUT2D eigenvalue weighted by atomic mass is 16.5. The Morgan fingerprint density at radius 2 is 1.72 bits per heavy atom. The molecule has 1 saturated heterocycles. The molecular formula is C19H19BN2O3. The maximum Gasteiger partial charge on any atom is 0.407 e. The molecule has 1 fully saturated rings. The van der Waals surface area contributed by atoms with Gasteiger partial charge in [-0.2, -0.15) is 0 Å². The molecule has 1 aliphatic heterocycles. The monoisotopic (exact) mass is 334 g/mol. The zero-order valence-corrected chi connectivity index (χ0v) is 13.8. The minimum Gasteiger partial charge on any atom is -0.449 e. The van der Waals surface area contributed by atoms with Crippen LogP contribution in [0.3, 0.4) is 0 Å². The van der Waals surface area contributed by atoms with Gasteiger partial charge in [0.25, 0.3) is 0 Å². The third-order valence-electron chi connectivity index (χ3n) is 4.96. The lowest BCUT2D eigenvalue weighted by Gasteiger charge is -2.18. The van der Waals surface area contributed by atoms with Gasteiger partial charge in [-0.25, -0.2) is 4.79 Å². The van der Waals surface area contributed by atoms with E-state index in [1.165, 1.54) is 27.1 Å². The maximum absolute atomic E-state index is 12.1. The molecule has 0 unspecified atom stereocenters. The molecule has 2 aromatic carbocycles. The molecule has 0 bridgehead atoms. The lowest BCUT2D eigenvalue weighted by molar-refractivity contribution is 0.120. The van der Waals surface area contributed by atoms with Gasteiger partial charge in [-0.05, 0) is 22.3 Å². The molecule has 1 aliphatic carbocycles. The molecule has 0 saturated carbocycles. The van der Waals surface area contributed by atoms with Gasteiger partial charge in [-0.1, -0.05) is 48.5 Å². The van der Waals surface area contributed by atoms with E-state index in [2.05, 4.69) is 29.6 Å². The number of rotatable bonds is 3. The van der Waals surface area contributed by atoms with Crippen molar-refractivity contribution in [2.75, 3.05) is 19.7 Å². The zero-order valence-electron chi connectivity index (χ0n) is 13.8. The number of fused-ring (bicyclic) bond motifs is 3. The Bertz CT molecular complexity index is 752. The molecule has 2 radical (unpaired) electrons. The van der Waals surface area contributed by atoms with Crippen LogP contribution in [0.1, 0.15) is 17.0 Å². The van der Waals surface area contributed by atoms with Crippen molar-refractivity contribution in [1.82, 2.24) is 10.1 Å². The first-order chi connectivity index (χ1) is 12.1. The number of nitrogens with zero attached hydrogens (tertiary/aromatic N) is 1. The predicted octanol–water partition coefficient (Wildman–Crippen LogP) is 1.65. The van der Waals surface area contributed by atoms with Crippen molar-refractivity contribution < 1.29 is 14.6 Å². The number of alkyl carbamates (subject to hydrolysis) is 1. The number of aliphatic hydroxyl groups is 1. The van der Waals surface area contributed by atoms with Crippen LogP contribution in [0.25, 0.3) is 11.1 Å². The standard InChI is InChI=1S/C19H19BN2O3/c20-22-9-17(18(23)10-22)21-19(24)25-11-16-14-7-3-1-5-12(14)13-6-2-4-8-15(13)16/h1-8,16-18,23H,9-11H2,(H,21,24)/t17-,18-/m1/s1. The van der Waals surface area contributed by atoms with Crippen molar-refractivity contribution in [1.29, 1.82) is 0 Å². The fraction of sp³-hybridized carbons (Fsp3) is 0.316. The summed E-state index contributed by atoms with van der Waals surface area (Å²) in [7, 11) is 5.65. The second-order valence-electron chi connectivity index (χ2n) is 6.60. The van der Waals surface area contributed by atoms with Gasteiger partial charge in [0.2, 0.25) is 0 Å². The van der Waals surface area contributed by atoms with Crippen LogP contribution in [0.5, 0.6) is 0 Å². The molecule has 5 nitrogen and oxygen atoms in total. The number of ether oxygens (including phenoxy) is 1. The number of carbonyl (C=O) groups is 1. The number of carbonyl (C=O) groups excluding carboxylic acids is 1. The number of aliphatic hydroxyl groups excluding tert-OH is 1. The van der Waals surface area contributed by atoms with E-state index >= 15 is 0 Å². The normalized spacial score (nSPS) is 22.4. The number of hydrogen-bond acceptors (Lipinski definition) is 4. The molecule has 0 spiro atoms. The molecule has 2 N–H and O–H groups in total. The quantitative estimate of drug-likeness (QED) is 0.838. The summed E-state index contributed by atoms with van der Waals surface area (Å²) in [4.78, 5) is 13.6. The Kier molecular flexibility index (Phi) is 4.23. The average Bonchev–Trinajstić information content (AvgIpc) is 3.10. The molecule has 2 atom stereocenters.